The van der Waals surface area contributed by atoms with Gasteiger partial charge in [0.15, 0.2) is 0 Å². The Kier molecular flexibility index (Phi) is 7.83. The zero-order chi connectivity index (χ0) is 24.9. The Hall–Kier alpha value is -3.52. The molecule has 0 aromatic heterocycles. The monoisotopic (exact) mass is 482 g/mol. The number of methoxy groups -OCH3 is 2. The van der Waals surface area contributed by atoms with Crippen molar-refractivity contribution < 1.29 is 22.7 Å². The Morgan fingerprint density at radius 2 is 1.65 bits per heavy atom. The van der Waals surface area contributed by atoms with Crippen molar-refractivity contribution >= 4 is 27.3 Å². The summed E-state index contributed by atoms with van der Waals surface area (Å²) in [6.45, 7) is 5.49. The molecule has 3 rings (SSSR count). The molecule has 3 aromatic carbocycles. The van der Waals surface area contributed by atoms with E-state index < -0.39 is 22.5 Å². The highest BCUT2D eigenvalue weighted by Gasteiger charge is 2.30. The van der Waals surface area contributed by atoms with Crippen LogP contribution < -0.4 is 19.1 Å². The molecule has 0 aliphatic carbocycles. The third kappa shape index (κ3) is 5.51. The van der Waals surface area contributed by atoms with Gasteiger partial charge in [-0.2, -0.15) is 0 Å². The van der Waals surface area contributed by atoms with E-state index in [1.54, 1.807) is 36.4 Å². The predicted octanol–water partition coefficient (Wildman–Crippen LogP) is 4.97. The van der Waals surface area contributed by atoms with Gasteiger partial charge in [-0.25, -0.2) is 8.42 Å². The fourth-order valence-corrected chi connectivity index (χ4v) is 4.99. The molecule has 1 N–H and O–H groups in total. The number of carbonyl (C=O) groups excluding carboxylic acids is 1. The van der Waals surface area contributed by atoms with Crippen molar-refractivity contribution in [1.29, 1.82) is 0 Å². The minimum atomic E-state index is -4.09. The molecule has 8 heteroatoms. The van der Waals surface area contributed by atoms with Crippen LogP contribution in [-0.4, -0.2) is 35.1 Å². The molecule has 0 unspecified atom stereocenters. The molecular weight excluding hydrogens is 452 g/mol. The van der Waals surface area contributed by atoms with Gasteiger partial charge in [-0.15, -0.1) is 0 Å². The summed E-state index contributed by atoms with van der Waals surface area (Å²) in [7, 11) is -1.14. The largest absolute Gasteiger partial charge is 0.497 e. The van der Waals surface area contributed by atoms with Gasteiger partial charge >= 0.3 is 0 Å². The van der Waals surface area contributed by atoms with Crippen molar-refractivity contribution in [3.05, 3.63) is 77.9 Å². The van der Waals surface area contributed by atoms with Crippen LogP contribution in [0.4, 0.5) is 11.4 Å². The molecule has 3 aromatic rings. The van der Waals surface area contributed by atoms with E-state index in [-0.39, 0.29) is 22.3 Å². The summed E-state index contributed by atoms with van der Waals surface area (Å²) in [6.07, 6.45) is 0. The van der Waals surface area contributed by atoms with Gasteiger partial charge in [-0.05, 0) is 48.7 Å². The third-order valence-electron chi connectivity index (χ3n) is 5.41. The second-order valence-corrected chi connectivity index (χ2v) is 10.0. The minimum Gasteiger partial charge on any atom is -0.497 e. The summed E-state index contributed by atoms with van der Waals surface area (Å²) >= 11 is 0. The van der Waals surface area contributed by atoms with Crippen LogP contribution in [0.2, 0.25) is 0 Å². The maximum Gasteiger partial charge on any atom is 0.264 e. The maximum absolute atomic E-state index is 13.7. The summed E-state index contributed by atoms with van der Waals surface area (Å²) in [5, 5.41) is 2.87. The first-order valence-corrected chi connectivity index (χ1v) is 12.3. The van der Waals surface area contributed by atoms with E-state index in [4.69, 9.17) is 9.47 Å². The molecule has 7 nitrogen and oxygen atoms in total. The molecular formula is C26H30N2O5S. The number of anilines is 2. The third-order valence-corrected chi connectivity index (χ3v) is 7.18. The van der Waals surface area contributed by atoms with Crippen molar-refractivity contribution in [2.24, 2.45) is 0 Å². The van der Waals surface area contributed by atoms with Crippen molar-refractivity contribution in [1.82, 2.24) is 0 Å². The zero-order valence-electron chi connectivity index (χ0n) is 20.0. The normalized spacial score (nSPS) is 11.2. The summed E-state index contributed by atoms with van der Waals surface area (Å²) in [5.74, 6) is 0.487. The number of para-hydroxylation sites is 1. The van der Waals surface area contributed by atoms with E-state index in [1.165, 1.54) is 26.4 Å². The Morgan fingerprint density at radius 3 is 2.26 bits per heavy atom. The lowest BCUT2D eigenvalue weighted by Gasteiger charge is -2.26. The number of sulfonamides is 1. The lowest BCUT2D eigenvalue weighted by Crippen LogP contribution is -2.38. The van der Waals surface area contributed by atoms with Gasteiger partial charge < -0.3 is 14.8 Å². The molecule has 0 saturated heterocycles. The van der Waals surface area contributed by atoms with E-state index in [0.717, 1.165) is 15.4 Å². The Bertz CT molecular complexity index is 1250. The Balaban J connectivity index is 2.04. The highest BCUT2D eigenvalue weighted by atomic mass is 32.2. The number of hydrogen-bond donors (Lipinski definition) is 1. The molecule has 34 heavy (non-hydrogen) atoms. The smallest absolute Gasteiger partial charge is 0.264 e. The molecule has 0 aliphatic heterocycles. The van der Waals surface area contributed by atoms with Crippen molar-refractivity contribution in [3.63, 3.8) is 0 Å². The van der Waals surface area contributed by atoms with Crippen LogP contribution in [0, 0.1) is 6.92 Å². The van der Waals surface area contributed by atoms with Crippen molar-refractivity contribution in [2.45, 2.75) is 31.6 Å². The number of ether oxygens (including phenoxy) is 2. The first kappa shape index (κ1) is 25.1. The Morgan fingerprint density at radius 1 is 0.971 bits per heavy atom. The fourth-order valence-electron chi connectivity index (χ4n) is 3.56. The topological polar surface area (TPSA) is 84.9 Å². The van der Waals surface area contributed by atoms with Gasteiger partial charge in [0.05, 0.1) is 24.8 Å². The number of hydrogen-bond acceptors (Lipinski definition) is 5. The summed E-state index contributed by atoms with van der Waals surface area (Å²) in [4.78, 5) is 13.2. The average Bonchev–Trinajstić information content (AvgIpc) is 2.82. The second kappa shape index (κ2) is 10.6. The van der Waals surface area contributed by atoms with Gasteiger partial charge in [0.1, 0.15) is 18.0 Å². The molecule has 0 aliphatic rings. The molecule has 0 spiro atoms. The quantitative estimate of drug-likeness (QED) is 0.465. The summed E-state index contributed by atoms with van der Waals surface area (Å²) < 4.78 is 39.1. The van der Waals surface area contributed by atoms with Gasteiger partial charge in [0.2, 0.25) is 5.91 Å². The van der Waals surface area contributed by atoms with Crippen LogP contribution in [0.25, 0.3) is 0 Å². The van der Waals surface area contributed by atoms with Gasteiger partial charge in [0, 0.05) is 11.8 Å². The highest BCUT2D eigenvalue weighted by Crippen LogP contribution is 2.35. The van der Waals surface area contributed by atoms with Crippen molar-refractivity contribution in [2.75, 3.05) is 30.4 Å². The molecule has 0 fully saturated rings. The van der Waals surface area contributed by atoms with Gasteiger partial charge in [-0.1, -0.05) is 49.7 Å². The lowest BCUT2D eigenvalue weighted by molar-refractivity contribution is -0.114. The van der Waals surface area contributed by atoms with Crippen LogP contribution in [0.1, 0.15) is 30.9 Å². The van der Waals surface area contributed by atoms with E-state index in [1.807, 2.05) is 39.0 Å². The molecule has 0 saturated carbocycles. The number of benzene rings is 3. The van der Waals surface area contributed by atoms with E-state index in [0.29, 0.717) is 11.4 Å². The van der Waals surface area contributed by atoms with Crippen molar-refractivity contribution in [3.8, 4) is 11.5 Å². The Labute approximate surface area is 201 Å². The highest BCUT2D eigenvalue weighted by molar-refractivity contribution is 7.92. The van der Waals surface area contributed by atoms with Crippen LogP contribution in [-0.2, 0) is 14.8 Å². The second-order valence-electron chi connectivity index (χ2n) is 8.15. The maximum atomic E-state index is 13.7. The first-order chi connectivity index (χ1) is 16.2. The molecule has 0 heterocycles. The molecule has 0 bridgehead atoms. The van der Waals surface area contributed by atoms with Crippen LogP contribution in [0.5, 0.6) is 11.5 Å². The predicted molar refractivity (Wildman–Crippen MR) is 134 cm³/mol. The number of carbonyl (C=O) groups is 1. The molecule has 0 atom stereocenters. The molecule has 1 amide bonds. The van der Waals surface area contributed by atoms with Gasteiger partial charge in [0.25, 0.3) is 10.0 Å². The number of nitrogens with zero attached hydrogens (tertiary/aromatic N) is 1. The summed E-state index contributed by atoms with van der Waals surface area (Å²) in [5.41, 5.74) is 2.77. The number of rotatable bonds is 9. The standard InChI is InChI=1S/C26H30N2O5S/c1-18(2)22-8-6-7-9-23(22)27-26(29)17-28(24-15-12-20(32-4)16-25(24)33-5)34(30,31)21-13-10-19(3)11-14-21/h6-16,18H,17H2,1-5H3,(H,27,29). The van der Waals surface area contributed by atoms with Crippen LogP contribution in [0.3, 0.4) is 0 Å². The number of amides is 1. The van der Waals surface area contributed by atoms with E-state index in [9.17, 15) is 13.2 Å². The van der Waals surface area contributed by atoms with Crippen LogP contribution in [0.15, 0.2) is 71.6 Å². The number of aryl methyl sites for hydroxylation is 1. The minimum absolute atomic E-state index is 0.0753. The zero-order valence-corrected chi connectivity index (χ0v) is 20.8. The fraction of sp³-hybridized carbons (Fsp3) is 0.269. The van der Waals surface area contributed by atoms with E-state index >= 15 is 0 Å². The molecule has 180 valence electrons. The van der Waals surface area contributed by atoms with Crippen LogP contribution >= 0.6 is 0 Å². The van der Waals surface area contributed by atoms with E-state index in [2.05, 4.69) is 5.32 Å². The van der Waals surface area contributed by atoms with Gasteiger partial charge in [-0.3, -0.25) is 9.10 Å². The lowest BCUT2D eigenvalue weighted by atomic mass is 10.0. The molecule has 0 radical (unpaired) electrons. The first-order valence-electron chi connectivity index (χ1n) is 10.9. The summed E-state index contributed by atoms with van der Waals surface area (Å²) in [6, 6.07) is 18.7. The average molecular weight is 483 g/mol. The SMILES string of the molecule is COc1ccc(N(CC(=O)Nc2ccccc2C(C)C)S(=O)(=O)c2ccc(C)cc2)c(OC)c1. The number of nitrogens with one attached hydrogen (secondary N) is 1.